The largest absolute Gasteiger partial charge is 0.325 e. The number of hydrogen-bond acceptors (Lipinski definition) is 3. The van der Waals surface area contributed by atoms with Gasteiger partial charge in [0.1, 0.15) is 0 Å². The average molecular weight is 141 g/mol. The Balaban J connectivity index is 1.72. The van der Waals surface area contributed by atoms with Gasteiger partial charge in [0.25, 0.3) is 0 Å². The van der Waals surface area contributed by atoms with Gasteiger partial charge in [-0.3, -0.25) is 4.90 Å². The van der Waals surface area contributed by atoms with E-state index in [-0.39, 0.29) is 0 Å². The number of likely N-dealkylation sites (N-methyl/N-ethyl adjacent to an activating group) is 1. The summed E-state index contributed by atoms with van der Waals surface area (Å²) in [5, 5.41) is 0. The van der Waals surface area contributed by atoms with Crippen molar-refractivity contribution in [3.05, 3.63) is 0 Å². The molecule has 2 fully saturated rings. The van der Waals surface area contributed by atoms with Crippen LogP contribution in [0.15, 0.2) is 0 Å². The quantitative estimate of drug-likeness (QED) is 0.505. The van der Waals surface area contributed by atoms with Crippen molar-refractivity contribution in [2.75, 3.05) is 33.2 Å². The molecule has 0 atom stereocenters. The summed E-state index contributed by atoms with van der Waals surface area (Å²) < 4.78 is 0. The van der Waals surface area contributed by atoms with Crippen molar-refractivity contribution < 1.29 is 0 Å². The third kappa shape index (κ3) is 0.944. The first kappa shape index (κ1) is 6.58. The molecule has 2 aliphatic rings. The van der Waals surface area contributed by atoms with Crippen LogP contribution in [0.3, 0.4) is 0 Å². The van der Waals surface area contributed by atoms with Crippen molar-refractivity contribution in [3.63, 3.8) is 0 Å². The summed E-state index contributed by atoms with van der Waals surface area (Å²) in [6.07, 6.45) is 0. The van der Waals surface area contributed by atoms with Crippen molar-refractivity contribution in [1.29, 1.82) is 0 Å². The van der Waals surface area contributed by atoms with Crippen LogP contribution < -0.4 is 5.73 Å². The Hall–Kier alpha value is -0.120. The molecule has 2 N–H and O–H groups in total. The van der Waals surface area contributed by atoms with Crippen LogP contribution in [0.1, 0.15) is 0 Å². The van der Waals surface area contributed by atoms with Crippen molar-refractivity contribution >= 4 is 0 Å². The van der Waals surface area contributed by atoms with Crippen LogP contribution in [-0.4, -0.2) is 55.1 Å². The first-order chi connectivity index (χ1) is 4.75. The first-order valence-corrected chi connectivity index (χ1v) is 3.94. The van der Waals surface area contributed by atoms with Gasteiger partial charge in [0.05, 0.1) is 0 Å². The summed E-state index contributed by atoms with van der Waals surface area (Å²) in [6, 6.07) is 1.29. The Bertz CT molecular complexity index is 109. The van der Waals surface area contributed by atoms with E-state index in [9.17, 15) is 0 Å². The topological polar surface area (TPSA) is 32.5 Å². The van der Waals surface area contributed by atoms with E-state index in [1.54, 1.807) is 0 Å². The monoisotopic (exact) mass is 141 g/mol. The molecule has 0 amide bonds. The molecular formula is C7H15N3. The number of hydrogen-bond donors (Lipinski definition) is 1. The summed E-state index contributed by atoms with van der Waals surface area (Å²) in [5.74, 6) is 0. The third-order valence-electron chi connectivity index (χ3n) is 2.50. The molecule has 0 aromatic heterocycles. The summed E-state index contributed by atoms with van der Waals surface area (Å²) >= 11 is 0. The van der Waals surface area contributed by atoms with Crippen LogP contribution in [0.2, 0.25) is 0 Å². The van der Waals surface area contributed by atoms with Crippen LogP contribution in [0.5, 0.6) is 0 Å². The fraction of sp³-hybridized carbons (Fsp3) is 1.00. The maximum Gasteiger partial charge on any atom is 0.0351 e. The highest BCUT2D eigenvalue weighted by Crippen LogP contribution is 2.17. The SMILES string of the molecule is CN1CC(N2CC(N)C2)C1. The predicted molar refractivity (Wildman–Crippen MR) is 40.8 cm³/mol. The number of likely N-dealkylation sites (tertiary alicyclic amines) is 2. The highest BCUT2D eigenvalue weighted by Gasteiger charge is 2.35. The smallest absolute Gasteiger partial charge is 0.0351 e. The summed E-state index contributed by atoms with van der Waals surface area (Å²) in [5.41, 5.74) is 5.66. The Morgan fingerprint density at radius 3 is 2.20 bits per heavy atom. The normalized spacial score (nSPS) is 31.8. The Morgan fingerprint density at radius 2 is 1.80 bits per heavy atom. The lowest BCUT2D eigenvalue weighted by Gasteiger charge is -2.50. The maximum absolute atomic E-state index is 5.66. The molecule has 10 heavy (non-hydrogen) atoms. The fourth-order valence-electron chi connectivity index (χ4n) is 1.74. The molecule has 0 spiro atoms. The number of rotatable bonds is 1. The van der Waals surface area contributed by atoms with E-state index in [0.29, 0.717) is 6.04 Å². The summed E-state index contributed by atoms with van der Waals surface area (Å²) in [4.78, 5) is 4.82. The van der Waals surface area contributed by atoms with Gasteiger partial charge < -0.3 is 10.6 Å². The van der Waals surface area contributed by atoms with Crippen LogP contribution in [0, 0.1) is 0 Å². The van der Waals surface area contributed by atoms with Crippen LogP contribution in [0.4, 0.5) is 0 Å². The lowest BCUT2D eigenvalue weighted by atomic mass is 10.0. The zero-order valence-electron chi connectivity index (χ0n) is 6.45. The maximum atomic E-state index is 5.66. The Labute approximate surface area is 61.8 Å². The molecule has 2 rings (SSSR count). The first-order valence-electron chi connectivity index (χ1n) is 3.94. The van der Waals surface area contributed by atoms with E-state index in [0.717, 1.165) is 19.1 Å². The van der Waals surface area contributed by atoms with Gasteiger partial charge >= 0.3 is 0 Å². The van der Waals surface area contributed by atoms with E-state index in [1.807, 2.05) is 0 Å². The summed E-state index contributed by atoms with van der Waals surface area (Å²) in [6.45, 7) is 4.73. The molecule has 0 radical (unpaired) electrons. The number of nitrogens with two attached hydrogens (primary N) is 1. The zero-order chi connectivity index (χ0) is 7.14. The molecule has 0 unspecified atom stereocenters. The second kappa shape index (κ2) is 2.19. The van der Waals surface area contributed by atoms with Crippen molar-refractivity contribution in [3.8, 4) is 0 Å². The fourth-order valence-corrected chi connectivity index (χ4v) is 1.74. The second-order valence-corrected chi connectivity index (χ2v) is 3.59. The van der Waals surface area contributed by atoms with Crippen molar-refractivity contribution in [2.24, 2.45) is 5.73 Å². The third-order valence-corrected chi connectivity index (χ3v) is 2.50. The Kier molecular flexibility index (Phi) is 1.44. The zero-order valence-corrected chi connectivity index (χ0v) is 6.45. The van der Waals surface area contributed by atoms with Crippen LogP contribution in [-0.2, 0) is 0 Å². The van der Waals surface area contributed by atoms with E-state index >= 15 is 0 Å². The highest BCUT2D eigenvalue weighted by molar-refractivity contribution is 4.94. The van der Waals surface area contributed by atoms with E-state index in [4.69, 9.17) is 5.73 Å². The van der Waals surface area contributed by atoms with Gasteiger partial charge in [-0.2, -0.15) is 0 Å². The van der Waals surface area contributed by atoms with Gasteiger partial charge in [0, 0.05) is 38.3 Å². The lowest BCUT2D eigenvalue weighted by molar-refractivity contribution is 0.00288. The highest BCUT2D eigenvalue weighted by atomic mass is 15.3. The molecule has 2 aliphatic heterocycles. The molecule has 0 bridgehead atoms. The molecule has 58 valence electrons. The minimum atomic E-state index is 0.464. The summed E-state index contributed by atoms with van der Waals surface area (Å²) in [7, 11) is 2.16. The molecule has 0 aromatic rings. The van der Waals surface area contributed by atoms with Gasteiger partial charge in [-0.05, 0) is 7.05 Å². The molecule has 3 nitrogen and oxygen atoms in total. The lowest BCUT2D eigenvalue weighted by Crippen LogP contribution is -2.67. The Morgan fingerprint density at radius 1 is 1.20 bits per heavy atom. The van der Waals surface area contributed by atoms with Crippen molar-refractivity contribution in [1.82, 2.24) is 9.80 Å². The van der Waals surface area contributed by atoms with Crippen molar-refractivity contribution in [2.45, 2.75) is 12.1 Å². The van der Waals surface area contributed by atoms with Gasteiger partial charge in [-0.15, -0.1) is 0 Å². The molecule has 0 aromatic carbocycles. The minimum absolute atomic E-state index is 0.464. The average Bonchev–Trinajstić information content (AvgIpc) is 1.74. The van der Waals surface area contributed by atoms with Gasteiger partial charge in [-0.25, -0.2) is 0 Å². The van der Waals surface area contributed by atoms with Gasteiger partial charge in [0.2, 0.25) is 0 Å². The number of nitrogens with zero attached hydrogens (tertiary/aromatic N) is 2. The van der Waals surface area contributed by atoms with Crippen LogP contribution >= 0.6 is 0 Å². The van der Waals surface area contributed by atoms with E-state index in [1.165, 1.54) is 13.1 Å². The van der Waals surface area contributed by atoms with Crippen LogP contribution in [0.25, 0.3) is 0 Å². The molecular weight excluding hydrogens is 126 g/mol. The molecule has 2 heterocycles. The van der Waals surface area contributed by atoms with E-state index < -0.39 is 0 Å². The molecule has 2 saturated heterocycles. The minimum Gasteiger partial charge on any atom is -0.325 e. The van der Waals surface area contributed by atoms with E-state index in [2.05, 4.69) is 16.8 Å². The molecule has 0 aliphatic carbocycles. The van der Waals surface area contributed by atoms with Gasteiger partial charge in [-0.1, -0.05) is 0 Å². The standard InChI is InChI=1S/C7H15N3/c1-9-4-7(5-9)10-2-6(8)3-10/h6-7H,2-5,8H2,1H3. The molecule has 0 saturated carbocycles. The molecule has 3 heteroatoms. The second-order valence-electron chi connectivity index (χ2n) is 3.59. The van der Waals surface area contributed by atoms with Gasteiger partial charge in [0.15, 0.2) is 0 Å². The predicted octanol–water partition coefficient (Wildman–Crippen LogP) is -1.06.